The van der Waals surface area contributed by atoms with Crippen molar-refractivity contribution in [1.82, 2.24) is 9.55 Å². The van der Waals surface area contributed by atoms with Gasteiger partial charge in [0.1, 0.15) is 5.75 Å². The van der Waals surface area contributed by atoms with Crippen LogP contribution >= 0.6 is 0 Å². The van der Waals surface area contributed by atoms with Crippen LogP contribution in [0, 0.1) is 6.92 Å². The van der Waals surface area contributed by atoms with Gasteiger partial charge in [0.2, 0.25) is 0 Å². The fourth-order valence-corrected chi connectivity index (χ4v) is 1.50. The number of aromatic carboxylic acids is 1. The fourth-order valence-electron chi connectivity index (χ4n) is 1.50. The fraction of sp³-hybridized carbons (Fsp3) is 0.167. The Balaban J connectivity index is 2.27. The largest absolute Gasteiger partial charge is 0.478 e. The quantitative estimate of drug-likeness (QED) is 0.881. The molecule has 0 amide bonds. The molecular weight excluding hydrogens is 220 g/mol. The van der Waals surface area contributed by atoms with Crippen molar-refractivity contribution in [3.8, 4) is 11.8 Å². The van der Waals surface area contributed by atoms with Gasteiger partial charge in [-0.05, 0) is 30.7 Å². The second kappa shape index (κ2) is 4.29. The summed E-state index contributed by atoms with van der Waals surface area (Å²) in [4.78, 5) is 14.9. The highest BCUT2D eigenvalue weighted by Gasteiger charge is 2.09. The lowest BCUT2D eigenvalue weighted by molar-refractivity contribution is 0.0696. The number of rotatable bonds is 3. The van der Waals surface area contributed by atoms with E-state index in [1.807, 2.05) is 7.05 Å². The summed E-state index contributed by atoms with van der Waals surface area (Å²) in [5.74, 6) is -0.368. The molecule has 5 heteroatoms. The Bertz CT molecular complexity index is 561. The summed E-state index contributed by atoms with van der Waals surface area (Å²) >= 11 is 0. The van der Waals surface area contributed by atoms with Gasteiger partial charge in [0.25, 0.3) is 0 Å². The maximum absolute atomic E-state index is 10.8. The molecule has 1 heterocycles. The average Bonchev–Trinajstić information content (AvgIpc) is 2.64. The number of carbonyl (C=O) groups is 1. The predicted octanol–water partition coefficient (Wildman–Crippen LogP) is 2.22. The van der Waals surface area contributed by atoms with Gasteiger partial charge in [0.15, 0.2) is 0 Å². The van der Waals surface area contributed by atoms with Crippen LogP contribution in [0.2, 0.25) is 0 Å². The molecule has 0 unspecified atom stereocenters. The monoisotopic (exact) mass is 232 g/mol. The highest BCUT2D eigenvalue weighted by atomic mass is 16.5. The van der Waals surface area contributed by atoms with E-state index in [0.717, 1.165) is 0 Å². The number of carboxylic acid groups (broad SMARTS) is 1. The minimum absolute atomic E-state index is 0.275. The first-order valence-corrected chi connectivity index (χ1v) is 5.07. The summed E-state index contributed by atoms with van der Waals surface area (Å²) in [6, 6.07) is 5.28. The number of aryl methyl sites for hydroxylation is 2. The second-order valence-electron chi connectivity index (χ2n) is 3.70. The van der Waals surface area contributed by atoms with Crippen LogP contribution in [-0.4, -0.2) is 20.6 Å². The molecule has 1 aromatic carbocycles. The Hall–Kier alpha value is -2.30. The molecule has 0 aliphatic heterocycles. The van der Waals surface area contributed by atoms with Crippen molar-refractivity contribution in [2.45, 2.75) is 6.92 Å². The van der Waals surface area contributed by atoms with E-state index in [9.17, 15) is 4.79 Å². The van der Waals surface area contributed by atoms with Crippen LogP contribution in [0.4, 0.5) is 0 Å². The number of ether oxygens (including phenoxy) is 1. The third kappa shape index (κ3) is 2.28. The van der Waals surface area contributed by atoms with E-state index in [4.69, 9.17) is 9.84 Å². The molecule has 1 aromatic heterocycles. The SMILES string of the molecule is Cc1cc(Oc2nccn2C)ccc1C(=O)O. The van der Waals surface area contributed by atoms with Gasteiger partial charge in [0.05, 0.1) is 5.56 Å². The number of carboxylic acids is 1. The first-order chi connectivity index (χ1) is 8.08. The van der Waals surface area contributed by atoms with E-state index in [-0.39, 0.29) is 5.56 Å². The molecule has 2 aromatic rings. The van der Waals surface area contributed by atoms with E-state index in [1.54, 1.807) is 36.0 Å². The lowest BCUT2D eigenvalue weighted by Gasteiger charge is -2.07. The van der Waals surface area contributed by atoms with Crippen LogP contribution in [0.25, 0.3) is 0 Å². The van der Waals surface area contributed by atoms with Crippen LogP contribution in [0.1, 0.15) is 15.9 Å². The number of imidazole rings is 1. The highest BCUT2D eigenvalue weighted by molar-refractivity contribution is 5.89. The number of aromatic nitrogens is 2. The van der Waals surface area contributed by atoms with Crippen LogP contribution < -0.4 is 4.74 Å². The zero-order valence-electron chi connectivity index (χ0n) is 9.54. The molecule has 0 saturated carbocycles. The number of hydrogen-bond acceptors (Lipinski definition) is 3. The van der Waals surface area contributed by atoms with Gasteiger partial charge in [-0.25, -0.2) is 9.78 Å². The van der Waals surface area contributed by atoms with E-state index in [1.165, 1.54) is 6.07 Å². The zero-order chi connectivity index (χ0) is 12.4. The number of hydrogen-bond donors (Lipinski definition) is 1. The Morgan fingerprint density at radius 1 is 1.47 bits per heavy atom. The normalized spacial score (nSPS) is 10.2. The van der Waals surface area contributed by atoms with Gasteiger partial charge in [-0.1, -0.05) is 0 Å². The number of nitrogens with zero attached hydrogens (tertiary/aromatic N) is 2. The summed E-state index contributed by atoms with van der Waals surface area (Å²) in [5, 5.41) is 8.90. The van der Waals surface area contributed by atoms with E-state index in [2.05, 4.69) is 4.98 Å². The molecule has 0 saturated heterocycles. The van der Waals surface area contributed by atoms with Crippen molar-refractivity contribution < 1.29 is 14.6 Å². The van der Waals surface area contributed by atoms with E-state index < -0.39 is 5.97 Å². The maximum Gasteiger partial charge on any atom is 0.335 e. The molecular formula is C12H12N2O3. The van der Waals surface area contributed by atoms with Crippen molar-refractivity contribution in [1.29, 1.82) is 0 Å². The lowest BCUT2D eigenvalue weighted by atomic mass is 10.1. The summed E-state index contributed by atoms with van der Waals surface area (Å²) in [6.07, 6.45) is 3.40. The van der Waals surface area contributed by atoms with E-state index >= 15 is 0 Å². The van der Waals surface area contributed by atoms with Crippen molar-refractivity contribution >= 4 is 5.97 Å². The third-order valence-corrected chi connectivity index (χ3v) is 2.41. The Kier molecular flexibility index (Phi) is 2.82. The molecule has 0 spiro atoms. The Labute approximate surface area is 98.3 Å². The number of benzene rings is 1. The topological polar surface area (TPSA) is 64.4 Å². The minimum Gasteiger partial charge on any atom is -0.478 e. The Morgan fingerprint density at radius 3 is 2.76 bits per heavy atom. The molecule has 2 rings (SSSR count). The second-order valence-corrected chi connectivity index (χ2v) is 3.70. The summed E-state index contributed by atoms with van der Waals surface area (Å²) in [7, 11) is 1.82. The highest BCUT2D eigenvalue weighted by Crippen LogP contribution is 2.22. The molecule has 0 aliphatic carbocycles. The van der Waals surface area contributed by atoms with Crippen LogP contribution in [0.3, 0.4) is 0 Å². The van der Waals surface area contributed by atoms with Crippen LogP contribution in [-0.2, 0) is 7.05 Å². The van der Waals surface area contributed by atoms with Crippen molar-refractivity contribution in [2.24, 2.45) is 7.05 Å². The van der Waals surface area contributed by atoms with Crippen molar-refractivity contribution in [3.63, 3.8) is 0 Å². The molecule has 0 fully saturated rings. The average molecular weight is 232 g/mol. The molecule has 0 atom stereocenters. The van der Waals surface area contributed by atoms with Gasteiger partial charge < -0.3 is 14.4 Å². The standard InChI is InChI=1S/C12H12N2O3/c1-8-7-9(3-4-10(8)11(15)16)17-12-13-5-6-14(12)2/h3-7H,1-2H3,(H,15,16). The first kappa shape index (κ1) is 11.2. The van der Waals surface area contributed by atoms with Gasteiger partial charge >= 0.3 is 12.0 Å². The summed E-state index contributed by atoms with van der Waals surface area (Å²) < 4.78 is 7.26. The van der Waals surface area contributed by atoms with E-state index in [0.29, 0.717) is 17.3 Å². The summed E-state index contributed by atoms with van der Waals surface area (Å²) in [6.45, 7) is 1.73. The maximum atomic E-state index is 10.8. The van der Waals surface area contributed by atoms with Gasteiger partial charge in [-0.15, -0.1) is 0 Å². The van der Waals surface area contributed by atoms with Gasteiger partial charge in [-0.3, -0.25) is 0 Å². The van der Waals surface area contributed by atoms with Crippen LogP contribution in [0.5, 0.6) is 11.8 Å². The molecule has 17 heavy (non-hydrogen) atoms. The van der Waals surface area contributed by atoms with Gasteiger partial charge in [0, 0.05) is 19.4 Å². The molecule has 0 radical (unpaired) electrons. The first-order valence-electron chi connectivity index (χ1n) is 5.07. The third-order valence-electron chi connectivity index (χ3n) is 2.41. The smallest absolute Gasteiger partial charge is 0.335 e. The zero-order valence-corrected chi connectivity index (χ0v) is 9.54. The predicted molar refractivity (Wildman–Crippen MR) is 61.4 cm³/mol. The Morgan fingerprint density at radius 2 is 2.24 bits per heavy atom. The molecule has 0 aliphatic rings. The molecule has 88 valence electrons. The van der Waals surface area contributed by atoms with Gasteiger partial charge in [-0.2, -0.15) is 0 Å². The van der Waals surface area contributed by atoms with Crippen molar-refractivity contribution in [3.05, 3.63) is 41.7 Å². The molecule has 1 N–H and O–H groups in total. The lowest BCUT2D eigenvalue weighted by Crippen LogP contribution is -2.00. The molecule has 0 bridgehead atoms. The van der Waals surface area contributed by atoms with Crippen LogP contribution in [0.15, 0.2) is 30.6 Å². The molecule has 5 nitrogen and oxygen atoms in total. The van der Waals surface area contributed by atoms with Crippen molar-refractivity contribution in [2.75, 3.05) is 0 Å². The minimum atomic E-state index is -0.939. The summed E-state index contributed by atoms with van der Waals surface area (Å²) in [5.41, 5.74) is 0.932.